The Balaban J connectivity index is 1.39. The molecule has 1 aliphatic heterocycles. The zero-order valence-corrected chi connectivity index (χ0v) is 20.1. The molecular formula is C27H33N5O2. The average Bonchev–Trinajstić information content (AvgIpc) is 2.87. The number of aromatic nitrogens is 1. The lowest BCUT2D eigenvalue weighted by atomic mass is 9.85. The number of nitriles is 1. The molecule has 2 aliphatic rings. The van der Waals surface area contributed by atoms with Gasteiger partial charge < -0.3 is 15.1 Å². The maximum Gasteiger partial charge on any atom is 0.312 e. The largest absolute Gasteiger partial charge is 0.352 e. The van der Waals surface area contributed by atoms with E-state index >= 15 is 0 Å². The molecule has 34 heavy (non-hydrogen) atoms. The van der Waals surface area contributed by atoms with Gasteiger partial charge in [0.1, 0.15) is 11.9 Å². The average molecular weight is 460 g/mol. The van der Waals surface area contributed by atoms with Crippen LogP contribution in [-0.4, -0.2) is 54.4 Å². The summed E-state index contributed by atoms with van der Waals surface area (Å²) in [6.07, 6.45) is 4.85. The van der Waals surface area contributed by atoms with Crippen molar-refractivity contribution in [2.75, 3.05) is 37.6 Å². The topological polar surface area (TPSA) is 89.3 Å². The lowest BCUT2D eigenvalue weighted by Crippen LogP contribution is -2.53. The molecule has 7 nitrogen and oxygen atoms in total. The van der Waals surface area contributed by atoms with Gasteiger partial charge in [0.25, 0.3) is 0 Å². The van der Waals surface area contributed by atoms with E-state index in [-0.39, 0.29) is 0 Å². The van der Waals surface area contributed by atoms with Crippen LogP contribution in [0.1, 0.15) is 60.6 Å². The highest BCUT2D eigenvalue weighted by atomic mass is 16.2. The van der Waals surface area contributed by atoms with Gasteiger partial charge in [0.05, 0.1) is 5.56 Å². The second-order valence-corrected chi connectivity index (χ2v) is 9.40. The summed E-state index contributed by atoms with van der Waals surface area (Å²) in [5, 5.41) is 12.7. The number of benzene rings is 1. The number of piperazine rings is 1. The highest BCUT2D eigenvalue weighted by Gasteiger charge is 2.30. The quantitative estimate of drug-likeness (QED) is 0.695. The predicted molar refractivity (Wildman–Crippen MR) is 132 cm³/mol. The van der Waals surface area contributed by atoms with Crippen molar-refractivity contribution in [3.05, 3.63) is 58.3 Å². The van der Waals surface area contributed by atoms with Gasteiger partial charge in [-0.3, -0.25) is 9.59 Å². The van der Waals surface area contributed by atoms with Crippen LogP contribution in [0.5, 0.6) is 0 Å². The summed E-state index contributed by atoms with van der Waals surface area (Å²) in [5.74, 6) is -0.0161. The van der Waals surface area contributed by atoms with Crippen molar-refractivity contribution in [1.82, 2.24) is 15.2 Å². The van der Waals surface area contributed by atoms with E-state index in [2.05, 4.69) is 30.1 Å². The third-order valence-corrected chi connectivity index (χ3v) is 6.79. The lowest BCUT2D eigenvalue weighted by Gasteiger charge is -2.36. The molecule has 1 saturated heterocycles. The number of hydrogen-bond donors (Lipinski definition) is 1. The summed E-state index contributed by atoms with van der Waals surface area (Å²) in [6.45, 7) is 6.72. The minimum atomic E-state index is -0.559. The normalized spacial score (nSPS) is 15.6. The molecule has 0 unspecified atom stereocenters. The number of rotatable bonds is 5. The first-order valence-electron chi connectivity index (χ1n) is 12.3. The van der Waals surface area contributed by atoms with Gasteiger partial charge in [-0.1, -0.05) is 44.2 Å². The maximum absolute atomic E-state index is 12.7. The molecule has 1 N–H and O–H groups in total. The zero-order chi connectivity index (χ0) is 24.1. The van der Waals surface area contributed by atoms with E-state index in [0.717, 1.165) is 42.8 Å². The second kappa shape index (κ2) is 10.7. The van der Waals surface area contributed by atoms with Crippen LogP contribution >= 0.6 is 0 Å². The van der Waals surface area contributed by atoms with Gasteiger partial charge in [0.2, 0.25) is 0 Å². The van der Waals surface area contributed by atoms with E-state index < -0.39 is 11.8 Å². The predicted octanol–water partition coefficient (Wildman–Crippen LogP) is 2.96. The molecule has 0 saturated carbocycles. The molecule has 7 heteroatoms. The first kappa shape index (κ1) is 23.7. The minimum absolute atomic E-state index is 0.292. The third kappa shape index (κ3) is 5.06. The van der Waals surface area contributed by atoms with E-state index in [1.54, 1.807) is 4.90 Å². The molecule has 0 spiro atoms. The van der Waals surface area contributed by atoms with Gasteiger partial charge in [-0.05, 0) is 54.7 Å². The molecule has 0 radical (unpaired) electrons. The third-order valence-electron chi connectivity index (χ3n) is 6.79. The van der Waals surface area contributed by atoms with E-state index in [9.17, 15) is 14.9 Å². The zero-order valence-electron chi connectivity index (χ0n) is 20.1. The van der Waals surface area contributed by atoms with Crippen molar-refractivity contribution in [3.8, 4) is 6.07 Å². The van der Waals surface area contributed by atoms with Crippen LogP contribution in [0.15, 0.2) is 30.3 Å². The summed E-state index contributed by atoms with van der Waals surface area (Å²) in [4.78, 5) is 33.7. The highest BCUT2D eigenvalue weighted by Crippen LogP contribution is 2.35. The van der Waals surface area contributed by atoms with Gasteiger partial charge in [-0.25, -0.2) is 4.98 Å². The van der Waals surface area contributed by atoms with E-state index in [0.29, 0.717) is 50.6 Å². The number of nitrogens with zero attached hydrogens (tertiary/aromatic N) is 4. The van der Waals surface area contributed by atoms with Crippen molar-refractivity contribution in [2.45, 2.75) is 51.9 Å². The number of pyridine rings is 1. The number of amides is 2. The summed E-state index contributed by atoms with van der Waals surface area (Å²) in [6, 6.07) is 12.3. The molecule has 0 atom stereocenters. The van der Waals surface area contributed by atoms with Crippen LogP contribution in [0, 0.1) is 11.3 Å². The van der Waals surface area contributed by atoms with E-state index in [4.69, 9.17) is 4.98 Å². The molecule has 1 aliphatic carbocycles. The Morgan fingerprint density at radius 2 is 1.74 bits per heavy atom. The number of anilines is 1. The fourth-order valence-corrected chi connectivity index (χ4v) is 4.97. The smallest absolute Gasteiger partial charge is 0.312 e. The van der Waals surface area contributed by atoms with Crippen molar-refractivity contribution in [1.29, 1.82) is 5.26 Å². The lowest BCUT2D eigenvalue weighted by molar-refractivity contribution is -0.146. The fraction of sp³-hybridized carbons (Fsp3) is 0.481. The fourth-order valence-electron chi connectivity index (χ4n) is 4.97. The molecule has 1 fully saturated rings. The van der Waals surface area contributed by atoms with Crippen LogP contribution in [0.3, 0.4) is 0 Å². The number of carbonyl (C=O) groups excluding carboxylic acids is 2. The highest BCUT2D eigenvalue weighted by molar-refractivity contribution is 6.35. The van der Waals surface area contributed by atoms with Crippen molar-refractivity contribution < 1.29 is 9.59 Å². The Bertz CT molecular complexity index is 1080. The van der Waals surface area contributed by atoms with Gasteiger partial charge in [-0.2, -0.15) is 5.26 Å². The summed E-state index contributed by atoms with van der Waals surface area (Å²) < 4.78 is 0. The molecule has 2 heterocycles. The van der Waals surface area contributed by atoms with Crippen molar-refractivity contribution >= 4 is 17.6 Å². The van der Waals surface area contributed by atoms with E-state index in [1.807, 2.05) is 30.3 Å². The molecule has 1 aromatic carbocycles. The van der Waals surface area contributed by atoms with Crippen LogP contribution in [0.25, 0.3) is 0 Å². The second-order valence-electron chi connectivity index (χ2n) is 9.40. The first-order chi connectivity index (χ1) is 16.5. The Labute approximate surface area is 201 Å². The monoisotopic (exact) mass is 459 g/mol. The molecule has 1 aromatic heterocycles. The molecule has 2 amide bonds. The Hall–Kier alpha value is -3.40. The van der Waals surface area contributed by atoms with E-state index in [1.165, 1.54) is 11.1 Å². The molecule has 2 aromatic rings. The number of carbonyl (C=O) groups is 2. The molecule has 4 rings (SSSR count). The number of nitrogens with one attached hydrogen (secondary N) is 1. The number of fused-ring (bicyclic) bond motifs is 1. The number of hydrogen-bond acceptors (Lipinski definition) is 5. The first-order valence-corrected chi connectivity index (χ1v) is 12.3. The Morgan fingerprint density at radius 1 is 1.06 bits per heavy atom. The van der Waals surface area contributed by atoms with Gasteiger partial charge >= 0.3 is 11.8 Å². The molecule has 178 valence electrons. The van der Waals surface area contributed by atoms with Crippen LogP contribution in [-0.2, 0) is 28.9 Å². The minimum Gasteiger partial charge on any atom is -0.352 e. The van der Waals surface area contributed by atoms with Crippen LogP contribution in [0.2, 0.25) is 0 Å². The Kier molecular flexibility index (Phi) is 7.46. The van der Waals surface area contributed by atoms with Crippen molar-refractivity contribution in [2.24, 2.45) is 0 Å². The van der Waals surface area contributed by atoms with Crippen molar-refractivity contribution in [3.63, 3.8) is 0 Å². The van der Waals surface area contributed by atoms with Crippen LogP contribution in [0.4, 0.5) is 5.82 Å². The Morgan fingerprint density at radius 3 is 2.38 bits per heavy atom. The van der Waals surface area contributed by atoms with Gasteiger partial charge in [0.15, 0.2) is 0 Å². The standard InChI is InChI=1S/C27H33N5O2/c1-19(2)24-22-11-7-6-10-21(22)23(18-28)25(30-24)31-14-16-32(17-15-31)27(34)26(33)29-13-12-20-8-4-3-5-9-20/h3-5,8-9,19H,6-7,10-17H2,1-2H3,(H,29,33). The summed E-state index contributed by atoms with van der Waals surface area (Å²) >= 11 is 0. The van der Waals surface area contributed by atoms with Gasteiger partial charge in [0, 0.05) is 38.4 Å². The summed E-state index contributed by atoms with van der Waals surface area (Å²) in [7, 11) is 0. The maximum atomic E-state index is 12.7. The van der Waals surface area contributed by atoms with Crippen LogP contribution < -0.4 is 10.2 Å². The molecular weight excluding hydrogens is 426 g/mol. The SMILES string of the molecule is CC(C)c1nc(N2CCN(C(=O)C(=O)NCCc3ccccc3)CC2)c(C#N)c2c1CCCC2. The summed E-state index contributed by atoms with van der Waals surface area (Å²) in [5.41, 5.74) is 5.34. The van der Waals surface area contributed by atoms with Gasteiger partial charge in [-0.15, -0.1) is 0 Å². The molecule has 0 bridgehead atoms.